The predicted octanol–water partition coefficient (Wildman–Crippen LogP) is 1.84. The second kappa shape index (κ2) is 6.91. The number of carbonyl (C=O) groups excluding carboxylic acids is 1. The molecule has 0 aliphatic carbocycles. The molecule has 2 aliphatic rings. The number of thioether (sulfide) groups is 1. The maximum absolute atomic E-state index is 12.3. The van der Waals surface area contributed by atoms with Gasteiger partial charge in [0.15, 0.2) is 5.16 Å². The molecule has 0 spiro atoms. The SMILES string of the molecule is O=C(CSc1ncccn1)N1CC(N2CCc3ccccc3C2)C1. The van der Waals surface area contributed by atoms with E-state index in [-0.39, 0.29) is 5.91 Å². The summed E-state index contributed by atoms with van der Waals surface area (Å²) in [5.74, 6) is 0.598. The Morgan fingerprint density at radius 1 is 1.12 bits per heavy atom. The van der Waals surface area contributed by atoms with Crippen molar-refractivity contribution in [3.8, 4) is 0 Å². The number of fused-ring (bicyclic) bond motifs is 1. The zero-order valence-electron chi connectivity index (χ0n) is 13.5. The fourth-order valence-corrected chi connectivity index (χ4v) is 4.00. The van der Waals surface area contributed by atoms with Gasteiger partial charge in [-0.25, -0.2) is 9.97 Å². The third kappa shape index (κ3) is 3.30. The van der Waals surface area contributed by atoms with Crippen LogP contribution in [-0.4, -0.2) is 57.1 Å². The van der Waals surface area contributed by atoms with Crippen LogP contribution in [0.25, 0.3) is 0 Å². The number of hydrogen-bond donors (Lipinski definition) is 0. The van der Waals surface area contributed by atoms with E-state index in [1.165, 1.54) is 22.9 Å². The van der Waals surface area contributed by atoms with E-state index in [1.807, 2.05) is 4.90 Å². The molecule has 1 aromatic heterocycles. The summed E-state index contributed by atoms with van der Waals surface area (Å²) in [7, 11) is 0. The van der Waals surface area contributed by atoms with Gasteiger partial charge in [-0.3, -0.25) is 9.69 Å². The van der Waals surface area contributed by atoms with Crippen LogP contribution in [0.1, 0.15) is 11.1 Å². The monoisotopic (exact) mass is 340 g/mol. The van der Waals surface area contributed by atoms with Crippen molar-refractivity contribution < 1.29 is 4.79 Å². The number of likely N-dealkylation sites (tertiary alicyclic amines) is 1. The molecule has 24 heavy (non-hydrogen) atoms. The summed E-state index contributed by atoms with van der Waals surface area (Å²) in [6.45, 7) is 3.79. The number of hydrogen-bond acceptors (Lipinski definition) is 5. The molecule has 2 aromatic rings. The fourth-order valence-electron chi connectivity index (χ4n) is 3.30. The summed E-state index contributed by atoms with van der Waals surface area (Å²) in [5, 5.41) is 0.663. The first-order valence-electron chi connectivity index (χ1n) is 8.28. The van der Waals surface area contributed by atoms with Crippen LogP contribution in [0.15, 0.2) is 47.9 Å². The molecule has 0 unspecified atom stereocenters. The number of carbonyl (C=O) groups is 1. The van der Waals surface area contributed by atoms with Gasteiger partial charge in [0.1, 0.15) is 0 Å². The van der Waals surface area contributed by atoms with Crippen molar-refractivity contribution in [3.05, 3.63) is 53.9 Å². The van der Waals surface area contributed by atoms with Gasteiger partial charge in [0.05, 0.1) is 5.75 Å². The van der Waals surface area contributed by atoms with Crippen LogP contribution in [0.3, 0.4) is 0 Å². The van der Waals surface area contributed by atoms with Crippen LogP contribution in [-0.2, 0) is 17.8 Å². The lowest BCUT2D eigenvalue weighted by Crippen LogP contribution is -2.62. The van der Waals surface area contributed by atoms with Gasteiger partial charge < -0.3 is 4.90 Å². The molecule has 1 saturated heterocycles. The average molecular weight is 340 g/mol. The highest BCUT2D eigenvalue weighted by Gasteiger charge is 2.35. The molecule has 0 radical (unpaired) electrons. The zero-order valence-corrected chi connectivity index (χ0v) is 14.3. The van der Waals surface area contributed by atoms with Crippen LogP contribution < -0.4 is 0 Å². The molecule has 6 heteroatoms. The molecule has 2 aliphatic heterocycles. The predicted molar refractivity (Wildman–Crippen MR) is 93.7 cm³/mol. The second-order valence-electron chi connectivity index (χ2n) is 6.26. The number of benzene rings is 1. The molecule has 0 atom stereocenters. The molecule has 0 N–H and O–H groups in total. The second-order valence-corrected chi connectivity index (χ2v) is 7.20. The average Bonchev–Trinajstić information content (AvgIpc) is 2.59. The highest BCUT2D eigenvalue weighted by molar-refractivity contribution is 7.99. The van der Waals surface area contributed by atoms with Gasteiger partial charge in [0.25, 0.3) is 0 Å². The molecule has 0 bridgehead atoms. The van der Waals surface area contributed by atoms with Crippen molar-refractivity contribution in [2.75, 3.05) is 25.4 Å². The quantitative estimate of drug-likeness (QED) is 0.628. The van der Waals surface area contributed by atoms with Gasteiger partial charge in [-0.15, -0.1) is 0 Å². The molecule has 124 valence electrons. The Morgan fingerprint density at radius 2 is 1.88 bits per heavy atom. The van der Waals surface area contributed by atoms with Crippen molar-refractivity contribution >= 4 is 17.7 Å². The lowest BCUT2D eigenvalue weighted by atomic mass is 9.96. The number of rotatable bonds is 4. The molecular formula is C18H20N4OS. The Balaban J connectivity index is 1.25. The van der Waals surface area contributed by atoms with E-state index in [9.17, 15) is 4.79 Å². The van der Waals surface area contributed by atoms with Gasteiger partial charge in [0.2, 0.25) is 5.91 Å². The Morgan fingerprint density at radius 3 is 2.67 bits per heavy atom. The Bertz CT molecular complexity index is 718. The van der Waals surface area contributed by atoms with Gasteiger partial charge >= 0.3 is 0 Å². The van der Waals surface area contributed by atoms with Gasteiger partial charge in [0, 0.05) is 44.6 Å². The number of nitrogens with zero attached hydrogens (tertiary/aromatic N) is 4. The Kier molecular flexibility index (Phi) is 4.49. The minimum absolute atomic E-state index is 0.182. The van der Waals surface area contributed by atoms with Gasteiger partial charge in [-0.05, 0) is 23.6 Å². The standard InChI is InChI=1S/C18H20N4OS/c23-17(13-24-18-19-7-3-8-20-18)22-11-16(12-22)21-9-6-14-4-1-2-5-15(14)10-21/h1-5,7-8,16H,6,9-13H2. The molecule has 4 rings (SSSR count). The molecule has 5 nitrogen and oxygen atoms in total. The summed E-state index contributed by atoms with van der Waals surface area (Å²) >= 11 is 1.41. The fraction of sp³-hybridized carbons (Fsp3) is 0.389. The van der Waals surface area contributed by atoms with E-state index in [0.717, 1.165) is 32.6 Å². The number of aromatic nitrogens is 2. The van der Waals surface area contributed by atoms with E-state index in [1.54, 1.807) is 18.5 Å². The van der Waals surface area contributed by atoms with Crippen molar-refractivity contribution in [1.29, 1.82) is 0 Å². The van der Waals surface area contributed by atoms with E-state index in [0.29, 0.717) is 17.0 Å². The maximum Gasteiger partial charge on any atom is 0.233 e. The largest absolute Gasteiger partial charge is 0.339 e. The summed E-state index contributed by atoms with van der Waals surface area (Å²) in [5.41, 5.74) is 2.91. The minimum Gasteiger partial charge on any atom is -0.339 e. The van der Waals surface area contributed by atoms with Gasteiger partial charge in [-0.2, -0.15) is 0 Å². The Hall–Kier alpha value is -1.92. The van der Waals surface area contributed by atoms with Crippen molar-refractivity contribution in [3.63, 3.8) is 0 Å². The molecular weight excluding hydrogens is 320 g/mol. The molecule has 3 heterocycles. The topological polar surface area (TPSA) is 49.3 Å². The van der Waals surface area contributed by atoms with Gasteiger partial charge in [-0.1, -0.05) is 36.0 Å². The number of amides is 1. The smallest absolute Gasteiger partial charge is 0.233 e. The summed E-state index contributed by atoms with van der Waals surface area (Å²) in [6.07, 6.45) is 4.52. The highest BCUT2D eigenvalue weighted by Crippen LogP contribution is 2.25. The van der Waals surface area contributed by atoms with Crippen molar-refractivity contribution in [2.45, 2.75) is 24.2 Å². The van der Waals surface area contributed by atoms with Crippen molar-refractivity contribution in [1.82, 2.24) is 19.8 Å². The molecule has 1 aromatic carbocycles. The Labute approximate surface area is 146 Å². The van der Waals surface area contributed by atoms with Crippen LogP contribution in [0.5, 0.6) is 0 Å². The minimum atomic E-state index is 0.182. The first kappa shape index (κ1) is 15.6. The highest BCUT2D eigenvalue weighted by atomic mass is 32.2. The summed E-state index contributed by atoms with van der Waals surface area (Å²) in [6, 6.07) is 11.0. The van der Waals surface area contributed by atoms with Crippen LogP contribution in [0.2, 0.25) is 0 Å². The molecule has 1 fully saturated rings. The van der Waals surface area contributed by atoms with Crippen molar-refractivity contribution in [2.24, 2.45) is 0 Å². The van der Waals surface area contributed by atoms with Crippen LogP contribution in [0, 0.1) is 0 Å². The third-order valence-corrected chi connectivity index (χ3v) is 5.62. The zero-order chi connectivity index (χ0) is 16.4. The third-order valence-electron chi connectivity index (χ3n) is 4.76. The molecule has 0 saturated carbocycles. The molecule has 1 amide bonds. The summed E-state index contributed by atoms with van der Waals surface area (Å²) in [4.78, 5) is 25.0. The first-order chi connectivity index (χ1) is 11.8. The lowest BCUT2D eigenvalue weighted by molar-refractivity contribution is -0.136. The van der Waals surface area contributed by atoms with Crippen LogP contribution in [0.4, 0.5) is 0 Å². The lowest BCUT2D eigenvalue weighted by Gasteiger charge is -2.47. The van der Waals surface area contributed by atoms with E-state index < -0.39 is 0 Å². The van der Waals surface area contributed by atoms with Crippen LogP contribution >= 0.6 is 11.8 Å². The van der Waals surface area contributed by atoms with E-state index >= 15 is 0 Å². The maximum atomic E-state index is 12.3. The summed E-state index contributed by atoms with van der Waals surface area (Å²) < 4.78 is 0. The van der Waals surface area contributed by atoms with E-state index in [4.69, 9.17) is 0 Å². The first-order valence-corrected chi connectivity index (χ1v) is 9.26. The van der Waals surface area contributed by atoms with E-state index in [2.05, 4.69) is 39.1 Å². The normalized spacial score (nSPS) is 18.1.